The van der Waals surface area contributed by atoms with Gasteiger partial charge in [-0.25, -0.2) is 0 Å². The summed E-state index contributed by atoms with van der Waals surface area (Å²) < 4.78 is 0. The highest BCUT2D eigenvalue weighted by Crippen LogP contribution is 2.32. The molecule has 2 rings (SSSR count). The van der Waals surface area contributed by atoms with Crippen LogP contribution in [0, 0.1) is 0 Å². The number of halogens is 2. The molecule has 0 spiro atoms. The van der Waals surface area contributed by atoms with Gasteiger partial charge in [0.15, 0.2) is 0 Å². The van der Waals surface area contributed by atoms with Crippen LogP contribution in [0.1, 0.15) is 0 Å². The lowest BCUT2D eigenvalue weighted by Gasteiger charge is -2.07. The number of pyridine rings is 1. The van der Waals surface area contributed by atoms with Crippen LogP contribution in [0.3, 0.4) is 0 Å². The molecule has 0 amide bonds. The van der Waals surface area contributed by atoms with Gasteiger partial charge < -0.3 is 0 Å². The fourth-order valence-corrected chi connectivity index (χ4v) is 2.46. The number of hydrogen-bond acceptors (Lipinski definition) is 2. The van der Waals surface area contributed by atoms with E-state index in [1.807, 2.05) is 30.5 Å². The predicted octanol–water partition coefficient (Wildman–Crippen LogP) is 4.78. The first-order chi connectivity index (χ1) is 7.70. The summed E-state index contributed by atoms with van der Waals surface area (Å²) in [5.74, 6) is 0. The maximum absolute atomic E-state index is 5.95. The minimum atomic E-state index is 0.687. The molecule has 0 atom stereocenters. The van der Waals surface area contributed by atoms with Gasteiger partial charge in [-0.3, -0.25) is 4.98 Å². The van der Waals surface area contributed by atoms with Crippen LogP contribution >= 0.6 is 35.0 Å². The number of nitrogens with zero attached hydrogens (tertiary/aromatic N) is 1. The van der Waals surface area contributed by atoms with Crippen LogP contribution in [-0.4, -0.2) is 11.2 Å². The number of aromatic nitrogens is 1. The van der Waals surface area contributed by atoms with Crippen molar-refractivity contribution >= 4 is 35.0 Å². The Kier molecular flexibility index (Phi) is 3.74. The average Bonchev–Trinajstić information content (AvgIpc) is 2.28. The lowest BCUT2D eigenvalue weighted by atomic mass is 10.1. The first-order valence-corrected chi connectivity index (χ1v) is 6.64. The molecule has 0 aliphatic heterocycles. The highest BCUT2D eigenvalue weighted by Gasteiger charge is 2.06. The normalized spacial score (nSPS) is 10.4. The Hall–Kier alpha value is -0.700. The second-order valence-electron chi connectivity index (χ2n) is 3.20. The molecule has 0 N–H and O–H groups in total. The monoisotopic (exact) mass is 269 g/mol. The topological polar surface area (TPSA) is 12.9 Å². The third-order valence-corrected chi connectivity index (χ3v) is 3.41. The van der Waals surface area contributed by atoms with Crippen molar-refractivity contribution in [3.8, 4) is 11.3 Å². The first-order valence-electron chi connectivity index (χ1n) is 4.66. The summed E-state index contributed by atoms with van der Waals surface area (Å²) in [5.41, 5.74) is 1.92. The van der Waals surface area contributed by atoms with E-state index in [0.717, 1.165) is 21.2 Å². The highest BCUT2D eigenvalue weighted by atomic mass is 35.5. The molecule has 2 aromatic rings. The third-order valence-electron chi connectivity index (χ3n) is 2.16. The summed E-state index contributed by atoms with van der Waals surface area (Å²) in [6, 6.07) is 9.38. The molecular formula is C12H9Cl2NS. The minimum absolute atomic E-state index is 0.687. The molecule has 0 aliphatic rings. The van der Waals surface area contributed by atoms with Crippen LogP contribution in [0.4, 0.5) is 0 Å². The Morgan fingerprint density at radius 2 is 1.81 bits per heavy atom. The van der Waals surface area contributed by atoms with Gasteiger partial charge in [-0.2, -0.15) is 0 Å². The molecule has 0 aliphatic carbocycles. The van der Waals surface area contributed by atoms with E-state index in [4.69, 9.17) is 23.2 Å². The molecule has 1 heterocycles. The molecule has 0 radical (unpaired) electrons. The van der Waals surface area contributed by atoms with Crippen molar-refractivity contribution in [3.05, 3.63) is 46.6 Å². The summed E-state index contributed by atoms with van der Waals surface area (Å²) in [7, 11) is 0. The standard InChI is InChI=1S/C12H9Cl2NS/c1-16-12-7-8(13)2-3-10(12)11-6-9(14)4-5-15-11/h2-7H,1H3. The van der Waals surface area contributed by atoms with Crippen molar-refractivity contribution in [3.63, 3.8) is 0 Å². The number of benzene rings is 1. The summed E-state index contributed by atoms with van der Waals surface area (Å²) in [4.78, 5) is 5.41. The summed E-state index contributed by atoms with van der Waals surface area (Å²) in [6.45, 7) is 0. The number of thioether (sulfide) groups is 1. The van der Waals surface area contributed by atoms with Gasteiger partial charge in [0.2, 0.25) is 0 Å². The molecule has 0 unspecified atom stereocenters. The van der Waals surface area contributed by atoms with Crippen molar-refractivity contribution < 1.29 is 0 Å². The Morgan fingerprint density at radius 1 is 1.06 bits per heavy atom. The van der Waals surface area contributed by atoms with Crippen LogP contribution in [0.25, 0.3) is 11.3 Å². The molecule has 0 saturated heterocycles. The molecule has 4 heteroatoms. The van der Waals surface area contributed by atoms with Crippen LogP contribution in [0.5, 0.6) is 0 Å². The van der Waals surface area contributed by atoms with Crippen molar-refractivity contribution in [2.75, 3.05) is 6.26 Å². The quantitative estimate of drug-likeness (QED) is 0.728. The molecule has 0 bridgehead atoms. The van der Waals surface area contributed by atoms with Gasteiger partial charge in [0.1, 0.15) is 0 Å². The second-order valence-corrected chi connectivity index (χ2v) is 4.92. The molecule has 1 nitrogen and oxygen atoms in total. The zero-order chi connectivity index (χ0) is 11.5. The lowest BCUT2D eigenvalue weighted by molar-refractivity contribution is 1.29. The van der Waals surface area contributed by atoms with Crippen LogP contribution in [0.2, 0.25) is 10.0 Å². The maximum atomic E-state index is 5.95. The zero-order valence-corrected chi connectivity index (χ0v) is 10.9. The Labute approximate surface area is 109 Å². The number of rotatable bonds is 2. The molecular weight excluding hydrogens is 261 g/mol. The van der Waals surface area contributed by atoms with Crippen molar-refractivity contribution in [1.29, 1.82) is 0 Å². The number of hydrogen-bond donors (Lipinski definition) is 0. The Bertz CT molecular complexity index is 514. The van der Waals surface area contributed by atoms with Crippen LogP contribution in [0.15, 0.2) is 41.4 Å². The van der Waals surface area contributed by atoms with Gasteiger partial charge in [-0.1, -0.05) is 29.3 Å². The average molecular weight is 270 g/mol. The lowest BCUT2D eigenvalue weighted by Crippen LogP contribution is -1.85. The Morgan fingerprint density at radius 3 is 2.50 bits per heavy atom. The SMILES string of the molecule is CSc1cc(Cl)ccc1-c1cc(Cl)ccn1. The fourth-order valence-electron chi connectivity index (χ4n) is 1.43. The largest absolute Gasteiger partial charge is 0.256 e. The van der Waals surface area contributed by atoms with Gasteiger partial charge in [-0.05, 0) is 30.5 Å². The molecule has 82 valence electrons. The summed E-state index contributed by atoms with van der Waals surface area (Å²) in [5, 5.41) is 1.42. The molecule has 0 fully saturated rings. The third kappa shape index (κ3) is 2.51. The van der Waals surface area contributed by atoms with Crippen molar-refractivity contribution in [2.24, 2.45) is 0 Å². The van der Waals surface area contributed by atoms with Crippen LogP contribution in [-0.2, 0) is 0 Å². The van der Waals surface area contributed by atoms with E-state index < -0.39 is 0 Å². The second kappa shape index (κ2) is 5.09. The Balaban J connectivity index is 2.55. The van der Waals surface area contributed by atoms with E-state index in [0.29, 0.717) is 5.02 Å². The van der Waals surface area contributed by atoms with Crippen LogP contribution < -0.4 is 0 Å². The predicted molar refractivity (Wildman–Crippen MR) is 71.5 cm³/mol. The minimum Gasteiger partial charge on any atom is -0.256 e. The zero-order valence-electron chi connectivity index (χ0n) is 8.58. The summed E-state index contributed by atoms with van der Waals surface area (Å²) in [6.07, 6.45) is 3.72. The molecule has 16 heavy (non-hydrogen) atoms. The van der Waals surface area contributed by atoms with E-state index in [9.17, 15) is 0 Å². The van der Waals surface area contributed by atoms with Gasteiger partial charge in [0.25, 0.3) is 0 Å². The van der Waals surface area contributed by atoms with E-state index in [2.05, 4.69) is 4.98 Å². The first kappa shape index (κ1) is 11.8. The van der Waals surface area contributed by atoms with Gasteiger partial charge in [0.05, 0.1) is 5.69 Å². The van der Waals surface area contributed by atoms with E-state index in [-0.39, 0.29) is 0 Å². The van der Waals surface area contributed by atoms with Crippen molar-refractivity contribution in [1.82, 2.24) is 4.98 Å². The van der Waals surface area contributed by atoms with E-state index in [1.165, 1.54) is 0 Å². The van der Waals surface area contributed by atoms with Gasteiger partial charge >= 0.3 is 0 Å². The van der Waals surface area contributed by atoms with E-state index >= 15 is 0 Å². The molecule has 1 aromatic heterocycles. The van der Waals surface area contributed by atoms with E-state index in [1.54, 1.807) is 24.0 Å². The maximum Gasteiger partial charge on any atom is 0.0728 e. The smallest absolute Gasteiger partial charge is 0.0728 e. The summed E-state index contributed by atoms with van der Waals surface area (Å²) >= 11 is 13.5. The van der Waals surface area contributed by atoms with Gasteiger partial charge in [-0.15, -0.1) is 11.8 Å². The van der Waals surface area contributed by atoms with Crippen molar-refractivity contribution in [2.45, 2.75) is 4.90 Å². The fraction of sp³-hybridized carbons (Fsp3) is 0.0833. The molecule has 0 saturated carbocycles. The molecule has 1 aromatic carbocycles. The van der Waals surface area contributed by atoms with Gasteiger partial charge in [0, 0.05) is 26.7 Å². The highest BCUT2D eigenvalue weighted by molar-refractivity contribution is 7.98.